The molecular formula is C16H22N2O3. The van der Waals surface area contributed by atoms with Gasteiger partial charge in [-0.3, -0.25) is 4.79 Å². The molecule has 0 aromatic heterocycles. The van der Waals surface area contributed by atoms with E-state index >= 15 is 0 Å². The maximum absolute atomic E-state index is 11.7. The lowest BCUT2D eigenvalue weighted by atomic mass is 9.80. The Balaban J connectivity index is 2.37. The third kappa shape index (κ3) is 2.86. The summed E-state index contributed by atoms with van der Waals surface area (Å²) in [5, 5.41) is 9.49. The molecule has 2 amide bonds. The van der Waals surface area contributed by atoms with Gasteiger partial charge in [-0.05, 0) is 24.0 Å². The largest absolute Gasteiger partial charge is 0.465 e. The maximum Gasteiger partial charge on any atom is 0.407 e. The second-order valence-electron chi connectivity index (χ2n) is 5.63. The van der Waals surface area contributed by atoms with Crippen LogP contribution in [0, 0.1) is 5.92 Å². The number of likely N-dealkylation sites (tertiary alicyclic amines) is 1. The van der Waals surface area contributed by atoms with Crippen molar-refractivity contribution in [3.63, 3.8) is 0 Å². The molecule has 0 radical (unpaired) electrons. The van der Waals surface area contributed by atoms with E-state index in [1.807, 2.05) is 0 Å². The van der Waals surface area contributed by atoms with Gasteiger partial charge in [0.15, 0.2) is 0 Å². The smallest absolute Gasteiger partial charge is 0.407 e. The van der Waals surface area contributed by atoms with Gasteiger partial charge in [-0.25, -0.2) is 4.79 Å². The van der Waals surface area contributed by atoms with Crippen molar-refractivity contribution >= 4 is 12.0 Å². The summed E-state index contributed by atoms with van der Waals surface area (Å²) in [5.41, 5.74) is 2.00. The second-order valence-corrected chi connectivity index (χ2v) is 5.63. The molecule has 0 aliphatic carbocycles. The highest BCUT2D eigenvalue weighted by Crippen LogP contribution is 2.34. The van der Waals surface area contributed by atoms with Crippen LogP contribution in [-0.2, 0) is 4.79 Å². The van der Waals surface area contributed by atoms with E-state index in [1.165, 1.54) is 4.90 Å². The molecule has 2 unspecified atom stereocenters. The van der Waals surface area contributed by atoms with Crippen LogP contribution >= 0.6 is 0 Å². The van der Waals surface area contributed by atoms with Gasteiger partial charge in [0.2, 0.25) is 5.91 Å². The summed E-state index contributed by atoms with van der Waals surface area (Å²) in [6.07, 6.45) is 4.46. The molecule has 0 spiro atoms. The Kier molecular flexibility index (Phi) is 4.50. The zero-order valence-corrected chi connectivity index (χ0v) is 12.4. The van der Waals surface area contributed by atoms with E-state index in [1.54, 1.807) is 24.1 Å². The first-order valence-corrected chi connectivity index (χ1v) is 7.21. The molecule has 2 aliphatic heterocycles. The monoisotopic (exact) mass is 290 g/mol. The standard InChI is InChI=1S/C16H22N2O3/c1-4-11-8-9-18(16(20)21)15(13(11)5-2)12-6-7-14(19)17(3)10-12/h4-5,12,15H,1-2,6-10H2,3H3,(H,20,21). The van der Waals surface area contributed by atoms with Crippen LogP contribution in [0.15, 0.2) is 36.5 Å². The zero-order chi connectivity index (χ0) is 15.6. The molecule has 1 saturated heterocycles. The third-order valence-corrected chi connectivity index (χ3v) is 4.47. The Morgan fingerprint density at radius 3 is 2.57 bits per heavy atom. The highest BCUT2D eigenvalue weighted by Gasteiger charge is 2.39. The fourth-order valence-corrected chi connectivity index (χ4v) is 3.38. The molecule has 114 valence electrons. The normalized spacial score (nSPS) is 26.8. The third-order valence-electron chi connectivity index (χ3n) is 4.47. The van der Waals surface area contributed by atoms with Crippen LogP contribution in [0.3, 0.4) is 0 Å². The maximum atomic E-state index is 11.7. The number of carbonyl (C=O) groups excluding carboxylic acids is 1. The topological polar surface area (TPSA) is 60.9 Å². The van der Waals surface area contributed by atoms with E-state index < -0.39 is 6.09 Å². The first-order valence-electron chi connectivity index (χ1n) is 7.21. The Morgan fingerprint density at radius 2 is 2.05 bits per heavy atom. The molecule has 0 aromatic carbocycles. The number of nitrogens with zero attached hydrogens (tertiary/aromatic N) is 2. The highest BCUT2D eigenvalue weighted by atomic mass is 16.4. The summed E-state index contributed by atoms with van der Waals surface area (Å²) in [6.45, 7) is 8.72. The molecule has 1 fully saturated rings. The van der Waals surface area contributed by atoms with Crippen molar-refractivity contribution in [2.45, 2.75) is 25.3 Å². The summed E-state index contributed by atoms with van der Waals surface area (Å²) < 4.78 is 0. The van der Waals surface area contributed by atoms with Crippen molar-refractivity contribution in [2.24, 2.45) is 5.92 Å². The molecule has 2 heterocycles. The minimum Gasteiger partial charge on any atom is -0.465 e. The minimum absolute atomic E-state index is 0.104. The Morgan fingerprint density at radius 1 is 1.33 bits per heavy atom. The zero-order valence-electron chi connectivity index (χ0n) is 12.4. The van der Waals surface area contributed by atoms with E-state index in [-0.39, 0.29) is 17.9 Å². The van der Waals surface area contributed by atoms with Gasteiger partial charge in [-0.15, -0.1) is 0 Å². The molecule has 5 nitrogen and oxygen atoms in total. The number of hydrogen-bond acceptors (Lipinski definition) is 2. The second kappa shape index (κ2) is 6.16. The molecule has 1 N–H and O–H groups in total. The van der Waals surface area contributed by atoms with Crippen molar-refractivity contribution < 1.29 is 14.7 Å². The van der Waals surface area contributed by atoms with Crippen molar-refractivity contribution in [3.8, 4) is 0 Å². The number of piperidine rings is 1. The average molecular weight is 290 g/mol. The average Bonchev–Trinajstić information content (AvgIpc) is 2.48. The van der Waals surface area contributed by atoms with Gasteiger partial charge in [0.05, 0.1) is 6.04 Å². The first kappa shape index (κ1) is 15.4. The van der Waals surface area contributed by atoms with E-state index in [9.17, 15) is 14.7 Å². The fourth-order valence-electron chi connectivity index (χ4n) is 3.38. The van der Waals surface area contributed by atoms with Gasteiger partial charge >= 0.3 is 6.09 Å². The lowest BCUT2D eigenvalue weighted by molar-refractivity contribution is -0.133. The van der Waals surface area contributed by atoms with Gasteiger partial charge in [-0.2, -0.15) is 0 Å². The van der Waals surface area contributed by atoms with E-state index in [4.69, 9.17) is 0 Å². The number of allylic oxidation sites excluding steroid dienone is 1. The van der Waals surface area contributed by atoms with Crippen LogP contribution < -0.4 is 0 Å². The lowest BCUT2D eigenvalue weighted by Gasteiger charge is -2.43. The predicted octanol–water partition coefficient (Wildman–Crippen LogP) is 2.28. The van der Waals surface area contributed by atoms with Crippen LogP contribution in [0.5, 0.6) is 0 Å². The summed E-state index contributed by atoms with van der Waals surface area (Å²) in [4.78, 5) is 26.4. The molecule has 2 rings (SSSR count). The molecule has 21 heavy (non-hydrogen) atoms. The Hall–Kier alpha value is -2.04. The lowest BCUT2D eigenvalue weighted by Crippen LogP contribution is -2.52. The van der Waals surface area contributed by atoms with Crippen LogP contribution in [0.4, 0.5) is 4.79 Å². The van der Waals surface area contributed by atoms with Crippen molar-refractivity contribution in [1.82, 2.24) is 9.80 Å². The summed E-state index contributed by atoms with van der Waals surface area (Å²) >= 11 is 0. The van der Waals surface area contributed by atoms with Crippen LogP contribution in [0.1, 0.15) is 19.3 Å². The Bertz CT molecular complexity index is 510. The highest BCUT2D eigenvalue weighted by molar-refractivity contribution is 5.76. The summed E-state index contributed by atoms with van der Waals surface area (Å²) in [5.74, 6) is 0.226. The van der Waals surface area contributed by atoms with Gasteiger partial charge < -0.3 is 14.9 Å². The van der Waals surface area contributed by atoms with E-state index in [0.717, 1.165) is 11.1 Å². The molecular weight excluding hydrogens is 268 g/mol. The SMILES string of the molecule is C=CC1=C(C=C)C(C2CCC(=O)N(C)C2)N(C(=O)O)CC1. The Labute approximate surface area is 125 Å². The van der Waals surface area contributed by atoms with E-state index in [0.29, 0.717) is 32.4 Å². The molecule has 0 aromatic rings. The van der Waals surface area contributed by atoms with Gasteiger partial charge in [0.1, 0.15) is 0 Å². The molecule has 0 saturated carbocycles. The number of amides is 2. The van der Waals surface area contributed by atoms with Crippen molar-refractivity contribution in [3.05, 3.63) is 36.5 Å². The van der Waals surface area contributed by atoms with Crippen molar-refractivity contribution in [2.75, 3.05) is 20.1 Å². The molecule has 2 aliphatic rings. The van der Waals surface area contributed by atoms with E-state index in [2.05, 4.69) is 13.2 Å². The predicted molar refractivity (Wildman–Crippen MR) is 80.9 cm³/mol. The quantitative estimate of drug-likeness (QED) is 0.867. The minimum atomic E-state index is -0.915. The number of carboxylic acid groups (broad SMARTS) is 1. The number of hydrogen-bond donors (Lipinski definition) is 1. The number of rotatable bonds is 3. The van der Waals surface area contributed by atoms with Gasteiger partial charge in [-0.1, -0.05) is 25.3 Å². The van der Waals surface area contributed by atoms with Crippen LogP contribution in [0.2, 0.25) is 0 Å². The van der Waals surface area contributed by atoms with Gasteiger partial charge in [0, 0.05) is 32.5 Å². The first-order chi connectivity index (χ1) is 9.99. The summed E-state index contributed by atoms with van der Waals surface area (Å²) in [7, 11) is 1.77. The van der Waals surface area contributed by atoms with Crippen LogP contribution in [-0.4, -0.2) is 53.1 Å². The molecule has 5 heteroatoms. The summed E-state index contributed by atoms with van der Waals surface area (Å²) in [6, 6.07) is -0.239. The van der Waals surface area contributed by atoms with Gasteiger partial charge in [0.25, 0.3) is 0 Å². The molecule has 2 atom stereocenters. The van der Waals surface area contributed by atoms with Crippen molar-refractivity contribution in [1.29, 1.82) is 0 Å². The number of carbonyl (C=O) groups is 2. The molecule has 0 bridgehead atoms. The van der Waals surface area contributed by atoms with Crippen LogP contribution in [0.25, 0.3) is 0 Å². The fraction of sp³-hybridized carbons (Fsp3) is 0.500.